The van der Waals surface area contributed by atoms with Gasteiger partial charge in [-0.1, -0.05) is 0 Å². The van der Waals surface area contributed by atoms with Gasteiger partial charge in [-0.3, -0.25) is 9.67 Å². The van der Waals surface area contributed by atoms with E-state index in [9.17, 15) is 0 Å². The fourth-order valence-electron chi connectivity index (χ4n) is 1.04. The number of halogens is 1. The molecule has 0 bridgehead atoms. The van der Waals surface area contributed by atoms with Gasteiger partial charge in [-0.15, -0.1) is 0 Å². The van der Waals surface area contributed by atoms with Crippen LogP contribution < -0.4 is 4.74 Å². The number of ether oxygens (including phenoxy) is 1. The highest BCUT2D eigenvalue weighted by Crippen LogP contribution is 2.22. The summed E-state index contributed by atoms with van der Waals surface area (Å²) in [5, 5.41) is 3.99. The molecule has 0 saturated heterocycles. The fraction of sp³-hybridized carbons (Fsp3) is 0.111. The molecule has 2 heterocycles. The van der Waals surface area contributed by atoms with Gasteiger partial charge < -0.3 is 4.74 Å². The van der Waals surface area contributed by atoms with Crippen LogP contribution in [0.1, 0.15) is 0 Å². The number of nitrogens with zero attached hydrogens (tertiary/aromatic N) is 3. The van der Waals surface area contributed by atoms with Crippen molar-refractivity contribution in [1.29, 1.82) is 0 Å². The van der Waals surface area contributed by atoms with Gasteiger partial charge in [0, 0.05) is 17.7 Å². The Bertz CT molecular complexity index is 441. The normalized spacial score (nSPS) is 10.1. The molecule has 14 heavy (non-hydrogen) atoms. The summed E-state index contributed by atoms with van der Waals surface area (Å²) in [5.74, 6) is 1.39. The van der Waals surface area contributed by atoms with E-state index in [1.54, 1.807) is 29.5 Å². The average molecular weight is 254 g/mol. The number of hydrogen-bond donors (Lipinski definition) is 0. The third kappa shape index (κ3) is 2.11. The Morgan fingerprint density at radius 1 is 1.29 bits per heavy atom. The van der Waals surface area contributed by atoms with Gasteiger partial charge >= 0.3 is 0 Å². The second-order valence-electron chi connectivity index (χ2n) is 2.79. The molecule has 0 unspecified atom stereocenters. The lowest BCUT2D eigenvalue weighted by molar-refractivity contribution is 0.479. The zero-order valence-corrected chi connectivity index (χ0v) is 9.10. The maximum absolute atomic E-state index is 5.50. The molecule has 0 saturated carbocycles. The first-order chi connectivity index (χ1) is 6.74. The van der Waals surface area contributed by atoms with E-state index in [0.717, 1.165) is 4.47 Å². The standard InChI is InChI=1S/C9H8BrN3O/c1-13-6-9(5-12-13)14-8-2-7(10)3-11-4-8/h2-6H,1H3. The molecule has 0 fully saturated rings. The maximum Gasteiger partial charge on any atom is 0.165 e. The minimum Gasteiger partial charge on any atom is -0.452 e. The van der Waals surface area contributed by atoms with E-state index < -0.39 is 0 Å². The highest BCUT2D eigenvalue weighted by molar-refractivity contribution is 9.10. The lowest BCUT2D eigenvalue weighted by Crippen LogP contribution is -1.85. The molecule has 2 aromatic heterocycles. The van der Waals surface area contributed by atoms with E-state index >= 15 is 0 Å². The SMILES string of the molecule is Cn1cc(Oc2cncc(Br)c2)cn1. The Balaban J connectivity index is 2.18. The van der Waals surface area contributed by atoms with Crippen LogP contribution in [0.25, 0.3) is 0 Å². The van der Waals surface area contributed by atoms with Crippen molar-refractivity contribution in [2.45, 2.75) is 0 Å². The molecular formula is C9H8BrN3O. The molecule has 0 aliphatic heterocycles. The van der Waals surface area contributed by atoms with Crippen molar-refractivity contribution in [2.24, 2.45) is 7.05 Å². The van der Waals surface area contributed by atoms with E-state index in [2.05, 4.69) is 26.0 Å². The van der Waals surface area contributed by atoms with Gasteiger partial charge in [0.2, 0.25) is 0 Å². The Kier molecular flexibility index (Phi) is 2.49. The van der Waals surface area contributed by atoms with Crippen LogP contribution in [0.5, 0.6) is 11.5 Å². The van der Waals surface area contributed by atoms with Crippen molar-refractivity contribution < 1.29 is 4.74 Å². The van der Waals surface area contributed by atoms with Gasteiger partial charge in [0.15, 0.2) is 5.75 Å². The lowest BCUT2D eigenvalue weighted by Gasteiger charge is -2.01. The summed E-state index contributed by atoms with van der Waals surface area (Å²) in [5.41, 5.74) is 0. The first-order valence-electron chi connectivity index (χ1n) is 4.01. The van der Waals surface area contributed by atoms with Crippen molar-refractivity contribution >= 4 is 15.9 Å². The Morgan fingerprint density at radius 2 is 2.14 bits per heavy atom. The van der Waals surface area contributed by atoms with Crippen molar-refractivity contribution in [3.05, 3.63) is 35.3 Å². The Hall–Kier alpha value is -1.36. The smallest absolute Gasteiger partial charge is 0.165 e. The predicted octanol–water partition coefficient (Wildman–Crippen LogP) is 2.37. The molecule has 5 heteroatoms. The number of pyridine rings is 1. The molecule has 72 valence electrons. The van der Waals surface area contributed by atoms with Crippen molar-refractivity contribution in [3.8, 4) is 11.5 Å². The van der Waals surface area contributed by atoms with Gasteiger partial charge in [0.05, 0.1) is 18.6 Å². The Morgan fingerprint density at radius 3 is 2.79 bits per heavy atom. The van der Waals surface area contributed by atoms with Crippen molar-refractivity contribution in [2.75, 3.05) is 0 Å². The van der Waals surface area contributed by atoms with Gasteiger partial charge in [-0.05, 0) is 22.0 Å². The molecule has 2 rings (SSSR count). The predicted molar refractivity (Wildman–Crippen MR) is 55.2 cm³/mol. The fourth-order valence-corrected chi connectivity index (χ4v) is 1.38. The van der Waals surface area contributed by atoms with E-state index in [-0.39, 0.29) is 0 Å². The van der Waals surface area contributed by atoms with E-state index in [0.29, 0.717) is 11.5 Å². The second-order valence-corrected chi connectivity index (χ2v) is 3.71. The summed E-state index contributed by atoms with van der Waals surface area (Å²) in [4.78, 5) is 3.99. The third-order valence-corrected chi connectivity index (χ3v) is 2.03. The summed E-state index contributed by atoms with van der Waals surface area (Å²) in [6.45, 7) is 0. The summed E-state index contributed by atoms with van der Waals surface area (Å²) in [7, 11) is 1.84. The molecule has 0 spiro atoms. The van der Waals surface area contributed by atoms with E-state index in [1.165, 1.54) is 0 Å². The molecule has 0 aliphatic carbocycles. The van der Waals surface area contributed by atoms with Crippen LogP contribution in [0.2, 0.25) is 0 Å². The Labute approximate surface area is 89.7 Å². The molecule has 0 radical (unpaired) electrons. The van der Waals surface area contributed by atoms with Crippen LogP contribution in [0, 0.1) is 0 Å². The first-order valence-corrected chi connectivity index (χ1v) is 4.80. The zero-order chi connectivity index (χ0) is 9.97. The maximum atomic E-state index is 5.50. The highest BCUT2D eigenvalue weighted by atomic mass is 79.9. The lowest BCUT2D eigenvalue weighted by atomic mass is 10.4. The summed E-state index contributed by atoms with van der Waals surface area (Å²) in [6.07, 6.45) is 6.80. The monoisotopic (exact) mass is 253 g/mol. The average Bonchev–Trinajstić information content (AvgIpc) is 2.51. The van der Waals surface area contributed by atoms with Gasteiger partial charge in [-0.25, -0.2) is 0 Å². The number of hydrogen-bond acceptors (Lipinski definition) is 3. The minimum absolute atomic E-state index is 0.687. The van der Waals surface area contributed by atoms with Gasteiger partial charge in [0.25, 0.3) is 0 Å². The van der Waals surface area contributed by atoms with Crippen molar-refractivity contribution in [1.82, 2.24) is 14.8 Å². The molecular weight excluding hydrogens is 246 g/mol. The first kappa shape index (κ1) is 9.21. The minimum atomic E-state index is 0.687. The molecule has 0 amide bonds. The topological polar surface area (TPSA) is 39.9 Å². The molecule has 0 atom stereocenters. The summed E-state index contributed by atoms with van der Waals surface area (Å²) < 4.78 is 8.07. The van der Waals surface area contributed by atoms with E-state index in [4.69, 9.17) is 4.74 Å². The molecule has 0 aromatic carbocycles. The number of rotatable bonds is 2. The third-order valence-electron chi connectivity index (χ3n) is 1.60. The number of aryl methyl sites for hydroxylation is 1. The zero-order valence-electron chi connectivity index (χ0n) is 7.51. The van der Waals surface area contributed by atoms with Crippen LogP contribution in [0.3, 0.4) is 0 Å². The van der Waals surface area contributed by atoms with Crippen LogP contribution in [0.15, 0.2) is 35.3 Å². The van der Waals surface area contributed by atoms with Crippen LogP contribution in [0.4, 0.5) is 0 Å². The van der Waals surface area contributed by atoms with Crippen LogP contribution in [-0.4, -0.2) is 14.8 Å². The van der Waals surface area contributed by atoms with Gasteiger partial charge in [-0.2, -0.15) is 5.10 Å². The van der Waals surface area contributed by atoms with Crippen LogP contribution >= 0.6 is 15.9 Å². The van der Waals surface area contributed by atoms with Crippen LogP contribution in [-0.2, 0) is 7.05 Å². The molecule has 4 nitrogen and oxygen atoms in total. The summed E-state index contributed by atoms with van der Waals surface area (Å²) in [6, 6.07) is 1.85. The quantitative estimate of drug-likeness (QED) is 0.825. The largest absolute Gasteiger partial charge is 0.452 e. The number of aromatic nitrogens is 3. The summed E-state index contributed by atoms with van der Waals surface area (Å²) >= 11 is 3.32. The van der Waals surface area contributed by atoms with Gasteiger partial charge in [0.1, 0.15) is 5.75 Å². The van der Waals surface area contributed by atoms with Crippen molar-refractivity contribution in [3.63, 3.8) is 0 Å². The highest BCUT2D eigenvalue weighted by Gasteiger charge is 1.99. The molecule has 0 aliphatic rings. The molecule has 2 aromatic rings. The van der Waals surface area contributed by atoms with E-state index in [1.807, 2.05) is 13.1 Å². The second kappa shape index (κ2) is 3.79. The molecule has 0 N–H and O–H groups in total.